The Balaban J connectivity index is 2.01. The molecule has 0 saturated heterocycles. The van der Waals surface area contributed by atoms with Crippen LogP contribution in [0.25, 0.3) is 5.57 Å². The molecule has 0 amide bonds. The van der Waals surface area contributed by atoms with E-state index in [2.05, 4.69) is 37.9 Å². The second kappa shape index (κ2) is 7.12. The van der Waals surface area contributed by atoms with Crippen molar-refractivity contribution >= 4 is 27.3 Å². The molecule has 0 unspecified atom stereocenters. The van der Waals surface area contributed by atoms with Gasteiger partial charge >= 0.3 is 0 Å². The van der Waals surface area contributed by atoms with E-state index in [9.17, 15) is 8.42 Å². The van der Waals surface area contributed by atoms with Crippen molar-refractivity contribution in [2.45, 2.75) is 31.1 Å². The van der Waals surface area contributed by atoms with Crippen molar-refractivity contribution in [3.63, 3.8) is 0 Å². The minimum atomic E-state index is -3.63. The smallest absolute Gasteiger partial charge is 0.200 e. The number of nitrogens with zero attached hydrogens (tertiary/aromatic N) is 1. The molecule has 3 aromatic rings. The Morgan fingerprint density at radius 1 is 0.828 bits per heavy atom. The Morgan fingerprint density at radius 3 is 2.24 bits per heavy atom. The number of hydrogen-bond donors (Lipinski definition) is 0. The van der Waals surface area contributed by atoms with Gasteiger partial charge in [-0.25, -0.2) is 8.42 Å². The van der Waals surface area contributed by atoms with Crippen LogP contribution in [-0.4, -0.2) is 14.6 Å². The van der Waals surface area contributed by atoms with Gasteiger partial charge in [-0.1, -0.05) is 69.3 Å². The molecule has 4 rings (SSSR count). The van der Waals surface area contributed by atoms with Gasteiger partial charge in [-0.3, -0.25) is 4.99 Å². The first-order valence-corrected chi connectivity index (χ1v) is 11.1. The van der Waals surface area contributed by atoms with E-state index in [1.807, 2.05) is 42.6 Å². The lowest BCUT2D eigenvalue weighted by Gasteiger charge is -2.21. The van der Waals surface area contributed by atoms with Gasteiger partial charge < -0.3 is 0 Å². The maximum Gasteiger partial charge on any atom is 0.200 e. The monoisotopic (exact) mass is 401 g/mol. The van der Waals surface area contributed by atoms with Crippen LogP contribution in [0.15, 0.2) is 88.1 Å². The molecule has 0 aromatic heterocycles. The summed E-state index contributed by atoms with van der Waals surface area (Å²) < 4.78 is 26.4. The summed E-state index contributed by atoms with van der Waals surface area (Å²) in [6.07, 6.45) is 1.82. The van der Waals surface area contributed by atoms with Crippen LogP contribution in [0.5, 0.6) is 0 Å². The largest absolute Gasteiger partial charge is 0.256 e. The zero-order valence-electron chi connectivity index (χ0n) is 16.8. The summed E-state index contributed by atoms with van der Waals surface area (Å²) in [6, 6.07) is 22.4. The minimum Gasteiger partial charge on any atom is -0.256 e. The molecule has 1 aliphatic heterocycles. The van der Waals surface area contributed by atoms with Crippen LogP contribution in [0, 0.1) is 0 Å². The van der Waals surface area contributed by atoms with Crippen molar-refractivity contribution in [1.82, 2.24) is 0 Å². The van der Waals surface area contributed by atoms with E-state index < -0.39 is 9.84 Å². The molecule has 4 heteroatoms. The van der Waals surface area contributed by atoms with Gasteiger partial charge in [0.2, 0.25) is 0 Å². The fraction of sp³-hybridized carbons (Fsp3) is 0.160. The number of aliphatic imine (C=N–C) groups is 1. The second-order valence-corrected chi connectivity index (χ2v) is 10.0. The fourth-order valence-electron chi connectivity index (χ4n) is 3.43. The molecule has 0 atom stereocenters. The van der Waals surface area contributed by atoms with Gasteiger partial charge in [0.1, 0.15) is 0 Å². The second-order valence-electron chi connectivity index (χ2n) is 8.22. The van der Waals surface area contributed by atoms with Gasteiger partial charge in [-0.15, -0.1) is 0 Å². The third kappa shape index (κ3) is 3.81. The van der Waals surface area contributed by atoms with Crippen molar-refractivity contribution in [2.75, 3.05) is 0 Å². The maximum atomic E-state index is 13.2. The number of hydrogen-bond acceptors (Lipinski definition) is 3. The summed E-state index contributed by atoms with van der Waals surface area (Å²) in [5.41, 5.74) is 5.12. The molecule has 0 fully saturated rings. The molecule has 0 radical (unpaired) electrons. The average Bonchev–Trinajstić information content (AvgIpc) is 2.85. The molecular weight excluding hydrogens is 378 g/mol. The molecule has 3 nitrogen and oxygen atoms in total. The zero-order valence-corrected chi connectivity index (χ0v) is 17.6. The average molecular weight is 402 g/mol. The molecule has 29 heavy (non-hydrogen) atoms. The Morgan fingerprint density at radius 2 is 1.52 bits per heavy atom. The molecule has 1 heterocycles. The third-order valence-electron chi connectivity index (χ3n) is 5.09. The van der Waals surface area contributed by atoms with Gasteiger partial charge in [0.15, 0.2) is 9.84 Å². The molecule has 3 aromatic carbocycles. The topological polar surface area (TPSA) is 46.5 Å². The Kier molecular flexibility index (Phi) is 4.75. The van der Waals surface area contributed by atoms with Crippen molar-refractivity contribution in [2.24, 2.45) is 4.99 Å². The highest BCUT2D eigenvalue weighted by molar-refractivity contribution is 7.94. The van der Waals surface area contributed by atoms with E-state index >= 15 is 0 Å². The highest BCUT2D eigenvalue weighted by Crippen LogP contribution is 2.38. The van der Waals surface area contributed by atoms with Crippen LogP contribution in [-0.2, 0) is 15.3 Å². The van der Waals surface area contributed by atoms with Gasteiger partial charge in [0.05, 0.1) is 10.6 Å². The van der Waals surface area contributed by atoms with Crippen molar-refractivity contribution in [3.8, 4) is 0 Å². The van der Waals surface area contributed by atoms with Crippen molar-refractivity contribution in [3.05, 3.63) is 100 Å². The lowest BCUT2D eigenvalue weighted by molar-refractivity contribution is 0.590. The number of sulfone groups is 1. The first-order valence-electron chi connectivity index (χ1n) is 9.56. The Bertz CT molecular complexity index is 1230. The van der Waals surface area contributed by atoms with Gasteiger partial charge in [-0.05, 0) is 40.8 Å². The molecule has 1 aliphatic rings. The van der Waals surface area contributed by atoms with Crippen molar-refractivity contribution < 1.29 is 8.42 Å². The molecule has 0 spiro atoms. The van der Waals surface area contributed by atoms with Crippen LogP contribution in [0.4, 0.5) is 5.69 Å². The van der Waals surface area contributed by atoms with Crippen LogP contribution < -0.4 is 0 Å². The standard InChI is InChI=1S/C25H23NO2S/c1-25(2,3)19-14-13-18-16-26-24-12-8-7-11-21(24)23(22(18)15-19)17-29(27,28)20-9-5-4-6-10-20/h4-17H,1-3H3/b23-17+. The fourth-order valence-corrected chi connectivity index (χ4v) is 4.66. The number of rotatable bonds is 2. The third-order valence-corrected chi connectivity index (χ3v) is 6.57. The highest BCUT2D eigenvalue weighted by atomic mass is 32.2. The summed E-state index contributed by atoms with van der Waals surface area (Å²) in [4.78, 5) is 4.89. The molecule has 0 aliphatic carbocycles. The van der Waals surface area contributed by atoms with E-state index in [0.717, 1.165) is 27.9 Å². The molecule has 0 bridgehead atoms. The van der Waals surface area contributed by atoms with Crippen LogP contribution in [0.1, 0.15) is 43.0 Å². The summed E-state index contributed by atoms with van der Waals surface area (Å²) in [5, 5.41) is 1.39. The first kappa shape index (κ1) is 19.3. The normalized spacial score (nSPS) is 14.9. The quantitative estimate of drug-likeness (QED) is 0.419. The Hall–Kier alpha value is -2.98. The van der Waals surface area contributed by atoms with E-state index in [1.54, 1.807) is 24.3 Å². The summed E-state index contributed by atoms with van der Waals surface area (Å²) >= 11 is 0. The lowest BCUT2D eigenvalue weighted by atomic mass is 9.83. The molecule has 146 valence electrons. The minimum absolute atomic E-state index is 0.0542. The van der Waals surface area contributed by atoms with E-state index in [-0.39, 0.29) is 10.3 Å². The van der Waals surface area contributed by atoms with E-state index in [1.165, 1.54) is 5.41 Å². The number of benzene rings is 3. The molecular formula is C25H23NO2S. The zero-order chi connectivity index (χ0) is 20.6. The van der Waals surface area contributed by atoms with Gasteiger partial charge in [-0.2, -0.15) is 0 Å². The summed E-state index contributed by atoms with van der Waals surface area (Å²) in [6.45, 7) is 6.45. The summed E-state index contributed by atoms with van der Waals surface area (Å²) in [5.74, 6) is 0. The highest BCUT2D eigenvalue weighted by Gasteiger charge is 2.23. The van der Waals surface area contributed by atoms with Crippen LogP contribution >= 0.6 is 0 Å². The van der Waals surface area contributed by atoms with Crippen LogP contribution in [0.2, 0.25) is 0 Å². The number of para-hydroxylation sites is 1. The van der Waals surface area contributed by atoms with Crippen LogP contribution in [0.3, 0.4) is 0 Å². The van der Waals surface area contributed by atoms with E-state index in [0.29, 0.717) is 5.57 Å². The van der Waals surface area contributed by atoms with Gasteiger partial charge in [0.25, 0.3) is 0 Å². The lowest BCUT2D eigenvalue weighted by Crippen LogP contribution is -2.12. The van der Waals surface area contributed by atoms with Gasteiger partial charge in [0, 0.05) is 28.3 Å². The predicted molar refractivity (Wildman–Crippen MR) is 120 cm³/mol. The molecule has 0 saturated carbocycles. The SMILES string of the molecule is CC(C)(C)c1ccc2c(c1)/C(=C/S(=O)(=O)c1ccccc1)c1ccccc1N=C2. The van der Waals surface area contributed by atoms with E-state index in [4.69, 9.17) is 0 Å². The van der Waals surface area contributed by atoms with Crippen molar-refractivity contribution in [1.29, 1.82) is 0 Å². The first-order chi connectivity index (χ1) is 13.8. The summed E-state index contributed by atoms with van der Waals surface area (Å²) in [7, 11) is -3.63. The molecule has 0 N–H and O–H groups in total. The maximum absolute atomic E-state index is 13.2. The Labute approximate surface area is 172 Å². The number of fused-ring (bicyclic) bond motifs is 2. The predicted octanol–water partition coefficient (Wildman–Crippen LogP) is 5.91.